The Balaban J connectivity index is 1.38. The zero-order valence-corrected chi connectivity index (χ0v) is 18.2. The molecule has 1 unspecified atom stereocenters. The van der Waals surface area contributed by atoms with Crippen molar-refractivity contribution >= 4 is 23.6 Å². The van der Waals surface area contributed by atoms with Gasteiger partial charge in [-0.3, -0.25) is 19.3 Å². The highest BCUT2D eigenvalue weighted by molar-refractivity contribution is 6.16. The Kier molecular flexibility index (Phi) is 5.03. The van der Waals surface area contributed by atoms with Crippen molar-refractivity contribution in [2.75, 3.05) is 6.54 Å². The van der Waals surface area contributed by atoms with Gasteiger partial charge in [-0.15, -0.1) is 0 Å². The van der Waals surface area contributed by atoms with E-state index in [1.54, 1.807) is 41.3 Å². The van der Waals surface area contributed by atoms with Crippen molar-refractivity contribution in [2.24, 2.45) is 5.92 Å². The lowest BCUT2D eigenvalue weighted by Crippen LogP contribution is -2.47. The Morgan fingerprint density at radius 3 is 2.55 bits per heavy atom. The van der Waals surface area contributed by atoms with Gasteiger partial charge in [0.25, 0.3) is 5.91 Å². The Bertz CT molecular complexity index is 1160. The number of ketones is 1. The highest BCUT2D eigenvalue weighted by atomic mass is 19.1. The quantitative estimate of drug-likeness (QED) is 0.687. The number of carbonyl (C=O) groups is 4. The van der Waals surface area contributed by atoms with Crippen molar-refractivity contribution in [1.29, 1.82) is 0 Å². The predicted molar refractivity (Wildman–Crippen MR) is 116 cm³/mol. The highest BCUT2D eigenvalue weighted by Crippen LogP contribution is 2.41. The number of nitrogens with zero attached hydrogens (tertiary/aromatic N) is 2. The number of hydrogen-bond donors (Lipinski definition) is 1. The summed E-state index contributed by atoms with van der Waals surface area (Å²) in [5, 5.41) is 2.68. The number of amides is 4. The van der Waals surface area contributed by atoms with Gasteiger partial charge in [0.2, 0.25) is 5.91 Å². The number of halogens is 1. The summed E-state index contributed by atoms with van der Waals surface area (Å²) in [6, 6.07) is 11.9. The molecule has 1 spiro atoms. The summed E-state index contributed by atoms with van der Waals surface area (Å²) in [7, 11) is 0. The summed E-state index contributed by atoms with van der Waals surface area (Å²) >= 11 is 0. The lowest BCUT2D eigenvalue weighted by Gasteiger charge is -2.31. The van der Waals surface area contributed by atoms with Crippen LogP contribution < -0.4 is 5.32 Å². The molecule has 170 valence electrons. The van der Waals surface area contributed by atoms with Crippen LogP contribution in [-0.2, 0) is 21.7 Å². The van der Waals surface area contributed by atoms with E-state index in [4.69, 9.17) is 0 Å². The van der Waals surface area contributed by atoms with Crippen LogP contribution in [0.4, 0.5) is 9.18 Å². The smallest absolute Gasteiger partial charge is 0.325 e. The van der Waals surface area contributed by atoms with E-state index in [9.17, 15) is 23.6 Å². The van der Waals surface area contributed by atoms with Crippen LogP contribution in [0.15, 0.2) is 48.5 Å². The summed E-state index contributed by atoms with van der Waals surface area (Å²) in [5.74, 6) is -1.16. The van der Waals surface area contributed by atoms with Gasteiger partial charge in [0, 0.05) is 24.6 Å². The third-order valence-corrected chi connectivity index (χ3v) is 6.96. The van der Waals surface area contributed by atoms with E-state index < -0.39 is 24.0 Å². The van der Waals surface area contributed by atoms with Crippen LogP contribution in [0.25, 0.3) is 0 Å². The minimum Gasteiger partial charge on any atom is -0.334 e. The minimum absolute atomic E-state index is 0.0777. The number of fused-ring (bicyclic) bond motifs is 2. The van der Waals surface area contributed by atoms with Crippen LogP contribution in [0.2, 0.25) is 0 Å². The van der Waals surface area contributed by atoms with Crippen molar-refractivity contribution in [1.82, 2.24) is 15.1 Å². The SMILES string of the molecule is C[C@@H](C1CC1)N(Cc1ccc(F)cc1)C(=O)CN1C(=O)NC2(CC(=O)c3ccccc32)C1=O. The first-order valence-corrected chi connectivity index (χ1v) is 11.1. The van der Waals surface area contributed by atoms with E-state index >= 15 is 0 Å². The van der Waals surface area contributed by atoms with E-state index in [0.29, 0.717) is 17.0 Å². The Hall–Kier alpha value is -3.55. The van der Waals surface area contributed by atoms with E-state index in [1.165, 1.54) is 12.1 Å². The average molecular weight is 449 g/mol. The largest absolute Gasteiger partial charge is 0.334 e. The van der Waals surface area contributed by atoms with Crippen LogP contribution in [-0.4, -0.2) is 46.0 Å². The summed E-state index contributed by atoms with van der Waals surface area (Å²) in [4.78, 5) is 54.6. The fraction of sp³-hybridized carbons (Fsp3) is 0.360. The van der Waals surface area contributed by atoms with E-state index in [-0.39, 0.29) is 36.5 Å². The second-order valence-corrected chi connectivity index (χ2v) is 9.10. The number of Topliss-reactive ketones (excluding diaryl/α,β-unsaturated/α-hetero) is 1. The van der Waals surface area contributed by atoms with Gasteiger partial charge in [0.1, 0.15) is 12.4 Å². The summed E-state index contributed by atoms with van der Waals surface area (Å²) in [5.41, 5.74) is 0.202. The fourth-order valence-electron chi connectivity index (χ4n) is 4.91. The van der Waals surface area contributed by atoms with Crippen LogP contribution in [0.3, 0.4) is 0 Å². The maximum atomic E-state index is 13.4. The summed E-state index contributed by atoms with van der Waals surface area (Å²) < 4.78 is 13.3. The second-order valence-electron chi connectivity index (χ2n) is 9.10. The van der Waals surface area contributed by atoms with Crippen molar-refractivity contribution in [3.05, 3.63) is 71.0 Å². The maximum Gasteiger partial charge on any atom is 0.325 e. The van der Waals surface area contributed by atoms with Gasteiger partial charge in [-0.05, 0) is 48.9 Å². The number of nitrogens with one attached hydrogen (secondary N) is 1. The molecule has 2 fully saturated rings. The van der Waals surface area contributed by atoms with Gasteiger partial charge in [-0.25, -0.2) is 9.18 Å². The number of rotatable bonds is 6. The number of urea groups is 1. The predicted octanol–water partition coefficient (Wildman–Crippen LogP) is 2.99. The second kappa shape index (κ2) is 7.79. The molecule has 1 aliphatic heterocycles. The normalized spacial score (nSPS) is 22.5. The van der Waals surface area contributed by atoms with Crippen molar-refractivity contribution in [3.8, 4) is 0 Å². The zero-order valence-electron chi connectivity index (χ0n) is 18.2. The molecular weight excluding hydrogens is 425 g/mol. The van der Waals surface area contributed by atoms with Gasteiger partial charge in [0.05, 0.1) is 0 Å². The molecule has 5 rings (SSSR count). The molecule has 0 bridgehead atoms. The lowest BCUT2D eigenvalue weighted by atomic mass is 9.92. The number of hydrogen-bond acceptors (Lipinski definition) is 4. The molecule has 8 heteroatoms. The van der Waals surface area contributed by atoms with Crippen molar-refractivity contribution < 1.29 is 23.6 Å². The summed E-state index contributed by atoms with van der Waals surface area (Å²) in [6.07, 6.45) is 1.87. The molecular formula is C25H24FN3O4. The molecule has 1 saturated heterocycles. The van der Waals surface area contributed by atoms with Crippen LogP contribution in [0.1, 0.15) is 47.7 Å². The number of benzene rings is 2. The third kappa shape index (κ3) is 3.59. The van der Waals surface area contributed by atoms with E-state index in [0.717, 1.165) is 23.3 Å². The molecule has 2 atom stereocenters. The molecule has 3 aliphatic rings. The van der Waals surface area contributed by atoms with Crippen molar-refractivity contribution in [2.45, 2.75) is 44.3 Å². The molecule has 1 saturated carbocycles. The summed E-state index contributed by atoms with van der Waals surface area (Å²) in [6.45, 7) is 1.80. The van der Waals surface area contributed by atoms with Gasteiger partial charge in [0.15, 0.2) is 11.3 Å². The molecule has 7 nitrogen and oxygen atoms in total. The molecule has 2 aromatic rings. The lowest BCUT2D eigenvalue weighted by molar-refractivity contribution is -0.141. The molecule has 2 aromatic carbocycles. The van der Waals surface area contributed by atoms with Gasteiger partial charge in [-0.1, -0.05) is 36.4 Å². The maximum absolute atomic E-state index is 13.4. The Labute approximate surface area is 190 Å². The van der Waals surface area contributed by atoms with Gasteiger partial charge in [-0.2, -0.15) is 0 Å². The zero-order chi connectivity index (χ0) is 23.3. The molecule has 2 aliphatic carbocycles. The van der Waals surface area contributed by atoms with Crippen molar-refractivity contribution in [3.63, 3.8) is 0 Å². The molecule has 0 radical (unpaired) electrons. The first-order chi connectivity index (χ1) is 15.8. The molecule has 0 aromatic heterocycles. The van der Waals surface area contributed by atoms with E-state index in [2.05, 4.69) is 5.32 Å². The molecule has 33 heavy (non-hydrogen) atoms. The number of carbonyl (C=O) groups excluding carboxylic acids is 4. The Morgan fingerprint density at radius 1 is 1.15 bits per heavy atom. The Morgan fingerprint density at radius 2 is 1.85 bits per heavy atom. The van der Waals surface area contributed by atoms with Gasteiger partial charge >= 0.3 is 6.03 Å². The first kappa shape index (κ1) is 21.3. The number of imide groups is 1. The van der Waals surface area contributed by atoms with Crippen LogP contribution >= 0.6 is 0 Å². The van der Waals surface area contributed by atoms with E-state index in [1.807, 2.05) is 6.92 Å². The molecule has 4 amide bonds. The average Bonchev–Trinajstić information content (AvgIpc) is 3.58. The standard InChI is InChI=1S/C25H24FN3O4/c1-15(17-8-9-17)28(13-16-6-10-18(26)11-7-16)22(31)14-29-23(32)25(27-24(29)33)12-21(30)19-4-2-3-5-20(19)25/h2-7,10-11,15,17H,8-9,12-14H2,1H3,(H,27,33)/t15-,25?/m0/s1. The van der Waals surface area contributed by atoms with Crippen LogP contribution in [0, 0.1) is 11.7 Å². The van der Waals surface area contributed by atoms with Gasteiger partial charge < -0.3 is 10.2 Å². The first-order valence-electron chi connectivity index (χ1n) is 11.1. The highest BCUT2D eigenvalue weighted by Gasteiger charge is 2.58. The van der Waals surface area contributed by atoms with Crippen LogP contribution in [0.5, 0.6) is 0 Å². The topological polar surface area (TPSA) is 86.8 Å². The molecule has 1 N–H and O–H groups in total. The monoisotopic (exact) mass is 449 g/mol. The minimum atomic E-state index is -1.45. The third-order valence-electron chi connectivity index (χ3n) is 6.96. The fourth-order valence-corrected chi connectivity index (χ4v) is 4.91. The molecule has 1 heterocycles.